The second-order valence-corrected chi connectivity index (χ2v) is 5.15. The molecule has 22 heavy (non-hydrogen) atoms. The number of hydrogen-bond acceptors (Lipinski definition) is 2. The minimum absolute atomic E-state index is 0.312. The molecule has 110 valence electrons. The SMILES string of the molecule is CC(OC(=O)Nc1ccccc1)c1ccc2ccccc2c1. The number of carbonyl (C=O) groups is 1. The van der Waals surface area contributed by atoms with Gasteiger partial charge in [-0.2, -0.15) is 0 Å². The molecule has 1 atom stereocenters. The molecule has 3 nitrogen and oxygen atoms in total. The van der Waals surface area contributed by atoms with Gasteiger partial charge in [0.25, 0.3) is 0 Å². The van der Waals surface area contributed by atoms with Gasteiger partial charge in [0.1, 0.15) is 6.10 Å². The zero-order chi connectivity index (χ0) is 15.4. The first-order valence-corrected chi connectivity index (χ1v) is 7.24. The van der Waals surface area contributed by atoms with Crippen molar-refractivity contribution >= 4 is 22.6 Å². The summed E-state index contributed by atoms with van der Waals surface area (Å²) >= 11 is 0. The van der Waals surface area contributed by atoms with Crippen molar-refractivity contribution in [3.63, 3.8) is 0 Å². The standard InChI is InChI=1S/C19H17NO2/c1-14(22-19(21)20-18-9-3-2-4-10-18)16-12-11-15-7-5-6-8-17(15)13-16/h2-14H,1H3,(H,20,21). The molecule has 0 aliphatic carbocycles. The van der Waals surface area contributed by atoms with E-state index in [1.807, 2.05) is 61.5 Å². The lowest BCUT2D eigenvalue weighted by atomic mass is 10.0. The average Bonchev–Trinajstić information content (AvgIpc) is 2.55. The second kappa shape index (κ2) is 6.31. The highest BCUT2D eigenvalue weighted by Gasteiger charge is 2.12. The number of nitrogens with one attached hydrogen (secondary N) is 1. The van der Waals surface area contributed by atoms with Crippen LogP contribution in [0, 0.1) is 0 Å². The summed E-state index contributed by atoms with van der Waals surface area (Å²) in [6.45, 7) is 1.87. The van der Waals surface area contributed by atoms with E-state index in [4.69, 9.17) is 4.74 Å². The Morgan fingerprint density at radius 3 is 2.36 bits per heavy atom. The van der Waals surface area contributed by atoms with E-state index in [0.29, 0.717) is 0 Å². The fourth-order valence-electron chi connectivity index (χ4n) is 2.36. The average molecular weight is 291 g/mol. The Morgan fingerprint density at radius 1 is 0.909 bits per heavy atom. The normalized spacial score (nSPS) is 11.9. The maximum absolute atomic E-state index is 11.9. The van der Waals surface area contributed by atoms with E-state index in [9.17, 15) is 4.79 Å². The molecule has 0 saturated heterocycles. The molecule has 0 saturated carbocycles. The summed E-state index contributed by atoms with van der Waals surface area (Å²) in [7, 11) is 0. The number of rotatable bonds is 3. The summed E-state index contributed by atoms with van der Waals surface area (Å²) in [6, 6.07) is 23.5. The van der Waals surface area contributed by atoms with Gasteiger partial charge in [-0.25, -0.2) is 4.79 Å². The Hall–Kier alpha value is -2.81. The van der Waals surface area contributed by atoms with Crippen LogP contribution in [-0.4, -0.2) is 6.09 Å². The van der Waals surface area contributed by atoms with E-state index in [1.165, 1.54) is 5.39 Å². The van der Waals surface area contributed by atoms with Crippen molar-refractivity contribution in [2.24, 2.45) is 0 Å². The lowest BCUT2D eigenvalue weighted by molar-refractivity contribution is 0.121. The van der Waals surface area contributed by atoms with Gasteiger partial charge in [-0.15, -0.1) is 0 Å². The predicted octanol–water partition coefficient (Wildman–Crippen LogP) is 5.15. The van der Waals surface area contributed by atoms with Crippen LogP contribution in [0.3, 0.4) is 0 Å². The molecule has 0 bridgehead atoms. The third kappa shape index (κ3) is 3.26. The summed E-state index contributed by atoms with van der Waals surface area (Å²) in [5.74, 6) is 0. The molecule has 0 heterocycles. The van der Waals surface area contributed by atoms with Gasteiger partial charge in [0.15, 0.2) is 0 Å². The van der Waals surface area contributed by atoms with Crippen molar-refractivity contribution in [1.29, 1.82) is 0 Å². The molecule has 0 fully saturated rings. The number of benzene rings is 3. The fraction of sp³-hybridized carbons (Fsp3) is 0.105. The topological polar surface area (TPSA) is 38.3 Å². The van der Waals surface area contributed by atoms with Crippen LogP contribution in [0.25, 0.3) is 10.8 Å². The molecular formula is C19H17NO2. The maximum atomic E-state index is 11.9. The van der Waals surface area contributed by atoms with Crippen LogP contribution in [0.2, 0.25) is 0 Å². The molecular weight excluding hydrogens is 274 g/mol. The molecule has 1 amide bonds. The summed E-state index contributed by atoms with van der Waals surface area (Å²) in [6.07, 6.45) is -0.764. The molecule has 3 aromatic rings. The number of anilines is 1. The Bertz CT molecular complexity index is 784. The molecule has 3 rings (SSSR count). The van der Waals surface area contributed by atoms with E-state index in [-0.39, 0.29) is 6.10 Å². The van der Waals surface area contributed by atoms with Crippen LogP contribution in [-0.2, 0) is 4.74 Å². The zero-order valence-electron chi connectivity index (χ0n) is 12.3. The largest absolute Gasteiger partial charge is 0.441 e. The summed E-state index contributed by atoms with van der Waals surface area (Å²) in [4.78, 5) is 11.9. The molecule has 0 aliphatic rings. The highest BCUT2D eigenvalue weighted by Crippen LogP contribution is 2.23. The van der Waals surface area contributed by atoms with E-state index in [2.05, 4.69) is 23.5 Å². The number of ether oxygens (including phenoxy) is 1. The van der Waals surface area contributed by atoms with Crippen LogP contribution in [0.1, 0.15) is 18.6 Å². The van der Waals surface area contributed by atoms with Crippen molar-refractivity contribution in [3.8, 4) is 0 Å². The number of amides is 1. The van der Waals surface area contributed by atoms with Crippen LogP contribution >= 0.6 is 0 Å². The van der Waals surface area contributed by atoms with Crippen molar-refractivity contribution < 1.29 is 9.53 Å². The summed E-state index contributed by atoms with van der Waals surface area (Å²) < 4.78 is 5.44. The number of fused-ring (bicyclic) bond motifs is 1. The Labute approximate surface area is 129 Å². The van der Waals surface area contributed by atoms with Crippen LogP contribution in [0.15, 0.2) is 72.8 Å². The third-order valence-corrected chi connectivity index (χ3v) is 3.55. The monoisotopic (exact) mass is 291 g/mol. The molecule has 0 spiro atoms. The van der Waals surface area contributed by atoms with Gasteiger partial charge in [-0.05, 0) is 41.5 Å². The predicted molar refractivity (Wildman–Crippen MR) is 88.9 cm³/mol. The number of hydrogen-bond donors (Lipinski definition) is 1. The molecule has 0 radical (unpaired) electrons. The van der Waals surface area contributed by atoms with Gasteiger partial charge < -0.3 is 4.74 Å². The van der Waals surface area contributed by atoms with Gasteiger partial charge >= 0.3 is 6.09 Å². The second-order valence-electron chi connectivity index (χ2n) is 5.15. The molecule has 1 N–H and O–H groups in total. The van der Waals surface area contributed by atoms with Crippen molar-refractivity contribution in [1.82, 2.24) is 0 Å². The molecule has 1 unspecified atom stereocenters. The minimum Gasteiger partial charge on any atom is -0.441 e. The van der Waals surface area contributed by atoms with Gasteiger partial charge in [0.05, 0.1) is 0 Å². The van der Waals surface area contributed by atoms with E-state index in [1.54, 1.807) is 0 Å². The molecule has 0 aromatic heterocycles. The smallest absolute Gasteiger partial charge is 0.412 e. The molecule has 0 aliphatic heterocycles. The summed E-state index contributed by atoms with van der Waals surface area (Å²) in [5.41, 5.74) is 1.69. The number of carbonyl (C=O) groups excluding carboxylic acids is 1. The van der Waals surface area contributed by atoms with E-state index in [0.717, 1.165) is 16.6 Å². The fourth-order valence-corrected chi connectivity index (χ4v) is 2.36. The van der Waals surface area contributed by atoms with Gasteiger partial charge in [0.2, 0.25) is 0 Å². The Kier molecular flexibility index (Phi) is 4.05. The first-order valence-electron chi connectivity index (χ1n) is 7.24. The quantitative estimate of drug-likeness (QED) is 0.724. The van der Waals surface area contributed by atoms with Crippen LogP contribution in [0.5, 0.6) is 0 Å². The maximum Gasteiger partial charge on any atom is 0.412 e. The lowest BCUT2D eigenvalue weighted by Gasteiger charge is -2.15. The molecule has 3 aromatic carbocycles. The van der Waals surface area contributed by atoms with Crippen LogP contribution < -0.4 is 5.32 Å². The lowest BCUT2D eigenvalue weighted by Crippen LogP contribution is -2.15. The van der Waals surface area contributed by atoms with Gasteiger partial charge in [-0.1, -0.05) is 54.6 Å². The Morgan fingerprint density at radius 2 is 1.59 bits per heavy atom. The van der Waals surface area contributed by atoms with E-state index < -0.39 is 6.09 Å². The van der Waals surface area contributed by atoms with Crippen molar-refractivity contribution in [2.75, 3.05) is 5.32 Å². The first-order chi connectivity index (χ1) is 10.7. The van der Waals surface area contributed by atoms with Crippen molar-refractivity contribution in [2.45, 2.75) is 13.0 Å². The van der Waals surface area contributed by atoms with E-state index >= 15 is 0 Å². The summed E-state index contributed by atoms with van der Waals surface area (Å²) in [5, 5.41) is 5.03. The zero-order valence-corrected chi connectivity index (χ0v) is 12.3. The number of para-hydroxylation sites is 1. The van der Waals surface area contributed by atoms with Gasteiger partial charge in [0, 0.05) is 5.69 Å². The Balaban J connectivity index is 1.70. The minimum atomic E-state index is -0.452. The van der Waals surface area contributed by atoms with Gasteiger partial charge in [-0.3, -0.25) is 5.32 Å². The highest BCUT2D eigenvalue weighted by molar-refractivity contribution is 5.85. The third-order valence-electron chi connectivity index (χ3n) is 3.55. The van der Waals surface area contributed by atoms with Crippen LogP contribution in [0.4, 0.5) is 10.5 Å². The highest BCUT2D eigenvalue weighted by atomic mass is 16.6. The molecule has 3 heteroatoms. The van der Waals surface area contributed by atoms with Crippen molar-refractivity contribution in [3.05, 3.63) is 78.4 Å². The first kappa shape index (κ1) is 14.1.